The minimum atomic E-state index is -0.483. The van der Waals surface area contributed by atoms with Crippen LogP contribution >= 0.6 is 11.8 Å². The van der Waals surface area contributed by atoms with Crippen LogP contribution in [0.4, 0.5) is 10.5 Å². The number of nitrogens with zero attached hydrogens (tertiary/aromatic N) is 2. The lowest BCUT2D eigenvalue weighted by Crippen LogP contribution is -2.32. The van der Waals surface area contributed by atoms with Crippen molar-refractivity contribution in [3.8, 4) is 17.1 Å². The van der Waals surface area contributed by atoms with Crippen molar-refractivity contribution in [2.75, 3.05) is 13.2 Å². The van der Waals surface area contributed by atoms with Crippen LogP contribution in [0.25, 0.3) is 17.4 Å². The third-order valence-electron chi connectivity index (χ3n) is 5.06. The van der Waals surface area contributed by atoms with Gasteiger partial charge >= 0.3 is 0 Å². The van der Waals surface area contributed by atoms with Crippen LogP contribution in [0.1, 0.15) is 16.9 Å². The summed E-state index contributed by atoms with van der Waals surface area (Å²) in [4.78, 5) is 37.2. The maximum absolute atomic E-state index is 12.7. The van der Waals surface area contributed by atoms with Crippen molar-refractivity contribution in [3.63, 3.8) is 0 Å². The predicted octanol–water partition coefficient (Wildman–Crippen LogP) is 5.59. The highest BCUT2D eigenvalue weighted by Crippen LogP contribution is 2.35. The highest BCUT2D eigenvalue weighted by atomic mass is 32.2. The third-order valence-corrected chi connectivity index (χ3v) is 5.96. The molecule has 168 valence electrons. The maximum atomic E-state index is 12.7. The number of aryl methyl sites for hydroxylation is 2. The minimum absolute atomic E-state index is 0.0810. The summed E-state index contributed by atoms with van der Waals surface area (Å²) >= 11 is 0.816. The van der Waals surface area contributed by atoms with Gasteiger partial charge < -0.3 is 9.15 Å². The summed E-state index contributed by atoms with van der Waals surface area (Å²) in [5.41, 5.74) is 2.28. The van der Waals surface area contributed by atoms with Gasteiger partial charge in [-0.15, -0.1) is 0 Å². The number of imide groups is 1. The first kappa shape index (κ1) is 22.3. The number of ether oxygens (including phenoxy) is 1. The molecule has 0 spiro atoms. The molecular formula is C24H20N2O6S. The van der Waals surface area contributed by atoms with E-state index in [9.17, 15) is 19.7 Å². The zero-order valence-electron chi connectivity index (χ0n) is 17.9. The summed E-state index contributed by atoms with van der Waals surface area (Å²) in [5.74, 6) is 0.906. The van der Waals surface area contributed by atoms with E-state index >= 15 is 0 Å². The molecule has 1 fully saturated rings. The van der Waals surface area contributed by atoms with Crippen LogP contribution in [0.3, 0.4) is 0 Å². The fourth-order valence-electron chi connectivity index (χ4n) is 3.35. The first-order chi connectivity index (χ1) is 15.8. The van der Waals surface area contributed by atoms with Crippen LogP contribution < -0.4 is 4.74 Å². The topological polar surface area (TPSA) is 103 Å². The van der Waals surface area contributed by atoms with Gasteiger partial charge in [0.2, 0.25) is 0 Å². The van der Waals surface area contributed by atoms with Crippen molar-refractivity contribution >= 4 is 34.7 Å². The number of carbonyl (C=O) groups is 2. The average Bonchev–Trinajstić information content (AvgIpc) is 3.36. The van der Waals surface area contributed by atoms with Crippen molar-refractivity contribution in [1.82, 2.24) is 4.90 Å². The first-order valence-corrected chi connectivity index (χ1v) is 10.9. The number of rotatable bonds is 7. The summed E-state index contributed by atoms with van der Waals surface area (Å²) < 4.78 is 11.5. The van der Waals surface area contributed by atoms with Crippen LogP contribution in [-0.4, -0.2) is 34.1 Å². The van der Waals surface area contributed by atoms with Gasteiger partial charge in [-0.2, -0.15) is 0 Å². The average molecular weight is 464 g/mol. The van der Waals surface area contributed by atoms with Gasteiger partial charge in [0.05, 0.1) is 21.9 Å². The van der Waals surface area contributed by atoms with Crippen LogP contribution in [0.15, 0.2) is 63.9 Å². The molecular weight excluding hydrogens is 444 g/mol. The van der Waals surface area contributed by atoms with Crippen molar-refractivity contribution in [3.05, 3.63) is 86.5 Å². The largest absolute Gasteiger partial charge is 0.491 e. The molecule has 1 aliphatic heterocycles. The fraction of sp³-hybridized carbons (Fsp3) is 0.167. The standard InChI is InChI=1S/C24H20N2O6S/c1-15-7-8-16(2)21(13-15)31-12-11-25-23(27)22(33-24(25)28)14-17-9-10-20(32-17)18-5-3-4-6-19(18)26(29)30/h3-10,13-14H,11-12H2,1-2H3/b22-14-. The molecule has 8 nitrogen and oxygen atoms in total. The first-order valence-electron chi connectivity index (χ1n) is 10.1. The monoisotopic (exact) mass is 464 g/mol. The molecule has 1 aromatic heterocycles. The summed E-state index contributed by atoms with van der Waals surface area (Å²) in [6.07, 6.45) is 1.47. The molecule has 0 unspecified atom stereocenters. The lowest BCUT2D eigenvalue weighted by Gasteiger charge is -2.14. The third kappa shape index (κ3) is 4.83. The van der Waals surface area contributed by atoms with Gasteiger partial charge in [0.15, 0.2) is 0 Å². The van der Waals surface area contributed by atoms with E-state index in [0.29, 0.717) is 17.1 Å². The second kappa shape index (κ2) is 9.33. The van der Waals surface area contributed by atoms with Gasteiger partial charge in [0.1, 0.15) is 23.9 Å². The lowest BCUT2D eigenvalue weighted by atomic mass is 10.1. The van der Waals surface area contributed by atoms with E-state index in [2.05, 4.69) is 0 Å². The molecule has 2 heterocycles. The van der Waals surface area contributed by atoms with Gasteiger partial charge in [-0.1, -0.05) is 24.3 Å². The zero-order valence-corrected chi connectivity index (χ0v) is 18.8. The second-order valence-corrected chi connectivity index (χ2v) is 8.42. The summed E-state index contributed by atoms with van der Waals surface area (Å²) in [5, 5.41) is 10.9. The summed E-state index contributed by atoms with van der Waals surface area (Å²) in [6, 6.07) is 15.3. The molecule has 9 heteroatoms. The number of nitro benzene ring substituents is 1. The van der Waals surface area contributed by atoms with Crippen molar-refractivity contribution in [2.45, 2.75) is 13.8 Å². The molecule has 4 rings (SSSR count). The second-order valence-electron chi connectivity index (χ2n) is 7.43. The molecule has 0 aliphatic carbocycles. The Hall–Kier alpha value is -3.85. The van der Waals surface area contributed by atoms with Crippen LogP contribution in [-0.2, 0) is 4.79 Å². The van der Waals surface area contributed by atoms with E-state index in [1.165, 1.54) is 12.1 Å². The molecule has 0 atom stereocenters. The summed E-state index contributed by atoms with van der Waals surface area (Å²) in [6.45, 7) is 4.19. The molecule has 1 saturated heterocycles. The number of hydrogen-bond donors (Lipinski definition) is 0. The van der Waals surface area contributed by atoms with Crippen LogP contribution in [0.2, 0.25) is 0 Å². The number of thioether (sulfide) groups is 1. The molecule has 0 radical (unpaired) electrons. The fourth-order valence-corrected chi connectivity index (χ4v) is 4.19. The molecule has 2 amide bonds. The molecule has 1 aliphatic rings. The van der Waals surface area contributed by atoms with Gasteiger partial charge in [0, 0.05) is 12.1 Å². The number of para-hydroxylation sites is 1. The molecule has 0 saturated carbocycles. The number of amides is 2. The SMILES string of the molecule is Cc1ccc(C)c(OCCN2C(=O)S/C(=C\c3ccc(-c4ccccc4[N+](=O)[O-])o3)C2=O)c1. The quantitative estimate of drug-likeness (QED) is 0.255. The van der Waals surface area contributed by atoms with Crippen molar-refractivity contribution < 1.29 is 23.7 Å². The van der Waals surface area contributed by atoms with E-state index in [4.69, 9.17) is 9.15 Å². The van der Waals surface area contributed by atoms with Gasteiger partial charge in [-0.05, 0) is 61.0 Å². The smallest absolute Gasteiger partial charge is 0.293 e. The Labute approximate surface area is 194 Å². The Kier molecular flexibility index (Phi) is 6.32. The Balaban J connectivity index is 1.45. The lowest BCUT2D eigenvalue weighted by molar-refractivity contribution is -0.384. The van der Waals surface area contributed by atoms with Gasteiger partial charge in [0.25, 0.3) is 16.8 Å². The Morgan fingerprint density at radius 2 is 1.91 bits per heavy atom. The Morgan fingerprint density at radius 3 is 2.70 bits per heavy atom. The van der Waals surface area contributed by atoms with Crippen LogP contribution in [0, 0.1) is 24.0 Å². The number of benzene rings is 2. The predicted molar refractivity (Wildman–Crippen MR) is 125 cm³/mol. The van der Waals surface area contributed by atoms with Crippen molar-refractivity contribution in [1.29, 1.82) is 0 Å². The minimum Gasteiger partial charge on any atom is -0.491 e. The number of hydrogen-bond acceptors (Lipinski definition) is 7. The van der Waals surface area contributed by atoms with E-state index in [1.54, 1.807) is 30.3 Å². The van der Waals surface area contributed by atoms with E-state index < -0.39 is 10.8 Å². The molecule has 33 heavy (non-hydrogen) atoms. The van der Waals surface area contributed by atoms with E-state index in [-0.39, 0.29) is 29.0 Å². The maximum Gasteiger partial charge on any atom is 0.293 e. The number of carbonyl (C=O) groups excluding carboxylic acids is 2. The van der Waals surface area contributed by atoms with E-state index in [0.717, 1.165) is 33.5 Å². The molecule has 3 aromatic rings. The zero-order chi connectivity index (χ0) is 23.5. The highest BCUT2D eigenvalue weighted by molar-refractivity contribution is 8.18. The molecule has 2 aromatic carbocycles. The van der Waals surface area contributed by atoms with E-state index in [1.807, 2.05) is 32.0 Å². The van der Waals surface area contributed by atoms with Crippen molar-refractivity contribution in [2.24, 2.45) is 0 Å². The Morgan fingerprint density at radius 1 is 1.12 bits per heavy atom. The number of nitro groups is 1. The Bertz CT molecular complexity index is 1280. The van der Waals surface area contributed by atoms with Crippen LogP contribution in [0.5, 0.6) is 5.75 Å². The molecule has 0 bridgehead atoms. The number of furan rings is 1. The normalized spacial score (nSPS) is 14.8. The molecule has 0 N–H and O–H groups in total. The summed E-state index contributed by atoms with van der Waals surface area (Å²) in [7, 11) is 0. The van der Waals surface area contributed by atoms with Gasteiger partial charge in [-0.3, -0.25) is 24.6 Å². The highest BCUT2D eigenvalue weighted by Gasteiger charge is 2.35. The van der Waals surface area contributed by atoms with Gasteiger partial charge in [-0.25, -0.2) is 0 Å².